The predicted octanol–water partition coefficient (Wildman–Crippen LogP) is 1.99. The second-order valence-corrected chi connectivity index (χ2v) is 4.75. The van der Waals surface area contributed by atoms with Crippen LogP contribution in [0.5, 0.6) is 0 Å². The monoisotopic (exact) mass is 233 g/mol. The minimum atomic E-state index is 0.0638. The molecule has 3 nitrogen and oxygen atoms in total. The molecule has 2 N–H and O–H groups in total. The van der Waals surface area contributed by atoms with Crippen molar-refractivity contribution in [2.75, 3.05) is 0 Å². The number of nitrogens with one attached hydrogen (secondary N) is 1. The zero-order valence-electron chi connectivity index (χ0n) is 9.98. The average Bonchev–Trinajstić information content (AvgIpc) is 2.32. The van der Waals surface area contributed by atoms with Gasteiger partial charge in [0.05, 0.1) is 6.61 Å². The van der Waals surface area contributed by atoms with Gasteiger partial charge in [0.1, 0.15) is 0 Å². The fourth-order valence-corrected chi connectivity index (χ4v) is 1.99. The maximum absolute atomic E-state index is 11.6. The van der Waals surface area contributed by atoms with E-state index in [2.05, 4.69) is 5.32 Å². The van der Waals surface area contributed by atoms with Crippen LogP contribution in [-0.2, 0) is 17.9 Å². The van der Waals surface area contributed by atoms with Crippen LogP contribution in [-0.4, -0.2) is 11.0 Å². The number of aliphatic hydroxyl groups is 1. The summed E-state index contributed by atoms with van der Waals surface area (Å²) in [5, 5.41) is 11.8. The molecule has 0 saturated heterocycles. The summed E-state index contributed by atoms with van der Waals surface area (Å²) in [6.45, 7) is 0.644. The van der Waals surface area contributed by atoms with Crippen LogP contribution in [0.4, 0.5) is 0 Å². The van der Waals surface area contributed by atoms with Crippen LogP contribution in [0.1, 0.15) is 36.8 Å². The van der Waals surface area contributed by atoms with Crippen molar-refractivity contribution in [3.8, 4) is 0 Å². The van der Waals surface area contributed by atoms with Gasteiger partial charge in [0.2, 0.25) is 5.91 Å². The van der Waals surface area contributed by atoms with Crippen molar-refractivity contribution in [3.05, 3.63) is 35.4 Å². The molecule has 3 heteroatoms. The molecule has 0 radical (unpaired) electrons. The molecule has 1 saturated carbocycles. The van der Waals surface area contributed by atoms with E-state index < -0.39 is 0 Å². The number of hydrogen-bond donors (Lipinski definition) is 2. The minimum absolute atomic E-state index is 0.0638. The second kappa shape index (κ2) is 5.82. The lowest BCUT2D eigenvalue weighted by molar-refractivity contribution is -0.122. The summed E-state index contributed by atoms with van der Waals surface area (Å²) < 4.78 is 0. The third-order valence-corrected chi connectivity index (χ3v) is 3.39. The highest BCUT2D eigenvalue weighted by atomic mass is 16.3. The molecule has 1 aliphatic carbocycles. The summed E-state index contributed by atoms with van der Waals surface area (Å²) in [4.78, 5) is 11.6. The fraction of sp³-hybridized carbons (Fsp3) is 0.500. The van der Waals surface area contributed by atoms with Gasteiger partial charge in [-0.25, -0.2) is 0 Å². The molecule has 1 aliphatic rings. The van der Waals surface area contributed by atoms with Crippen LogP contribution in [0.2, 0.25) is 0 Å². The molecular weight excluding hydrogens is 214 g/mol. The Kier molecular flexibility index (Phi) is 4.15. The number of hydrogen-bond acceptors (Lipinski definition) is 2. The fourth-order valence-electron chi connectivity index (χ4n) is 1.99. The maximum Gasteiger partial charge on any atom is 0.220 e. The molecule has 2 rings (SSSR count). The van der Waals surface area contributed by atoms with Crippen LogP contribution in [0.15, 0.2) is 24.3 Å². The van der Waals surface area contributed by atoms with Crippen molar-refractivity contribution in [1.29, 1.82) is 0 Å². The highest BCUT2D eigenvalue weighted by Gasteiger charge is 2.20. The van der Waals surface area contributed by atoms with Gasteiger partial charge < -0.3 is 10.4 Å². The van der Waals surface area contributed by atoms with Crippen molar-refractivity contribution in [3.63, 3.8) is 0 Å². The number of rotatable bonds is 5. The second-order valence-electron chi connectivity index (χ2n) is 4.75. The third-order valence-electron chi connectivity index (χ3n) is 3.39. The molecule has 1 amide bonds. The van der Waals surface area contributed by atoms with Crippen molar-refractivity contribution in [2.24, 2.45) is 5.92 Å². The molecule has 0 spiro atoms. The normalized spacial score (nSPS) is 15.4. The zero-order valence-corrected chi connectivity index (χ0v) is 9.98. The average molecular weight is 233 g/mol. The Hall–Kier alpha value is -1.35. The smallest absolute Gasteiger partial charge is 0.220 e. The van der Waals surface area contributed by atoms with Crippen molar-refractivity contribution in [1.82, 2.24) is 5.32 Å². The minimum Gasteiger partial charge on any atom is -0.392 e. The van der Waals surface area contributed by atoms with E-state index in [0.29, 0.717) is 18.9 Å². The Morgan fingerprint density at radius 3 is 2.41 bits per heavy atom. The molecular formula is C14H19NO2. The molecule has 0 atom stereocenters. The summed E-state index contributed by atoms with van der Waals surface area (Å²) >= 11 is 0. The molecule has 0 aromatic heterocycles. The molecule has 1 aromatic rings. The van der Waals surface area contributed by atoms with Gasteiger partial charge in [-0.2, -0.15) is 0 Å². The summed E-state index contributed by atoms with van der Waals surface area (Å²) in [7, 11) is 0. The largest absolute Gasteiger partial charge is 0.392 e. The zero-order chi connectivity index (χ0) is 12.1. The first kappa shape index (κ1) is 12.1. The number of benzene rings is 1. The number of aliphatic hydroxyl groups excluding tert-OH is 1. The van der Waals surface area contributed by atoms with Crippen LogP contribution in [0, 0.1) is 5.92 Å². The Morgan fingerprint density at radius 2 is 1.88 bits per heavy atom. The third kappa shape index (κ3) is 3.56. The molecule has 92 valence electrons. The van der Waals surface area contributed by atoms with Crippen LogP contribution >= 0.6 is 0 Å². The Morgan fingerprint density at radius 1 is 1.24 bits per heavy atom. The standard InChI is InChI=1S/C14H19NO2/c16-10-13-6-4-12(5-7-13)9-15-14(17)8-11-2-1-3-11/h4-7,11,16H,1-3,8-10H2,(H,15,17). The SMILES string of the molecule is O=C(CC1CCC1)NCc1ccc(CO)cc1. The molecule has 0 heterocycles. The highest BCUT2D eigenvalue weighted by molar-refractivity contribution is 5.76. The lowest BCUT2D eigenvalue weighted by Gasteiger charge is -2.24. The summed E-state index contributed by atoms with van der Waals surface area (Å²) in [6, 6.07) is 7.64. The van der Waals surface area contributed by atoms with E-state index in [4.69, 9.17) is 5.11 Å². The highest BCUT2D eigenvalue weighted by Crippen LogP contribution is 2.29. The van der Waals surface area contributed by atoms with Crippen LogP contribution in [0.25, 0.3) is 0 Å². The number of amides is 1. The summed E-state index contributed by atoms with van der Waals surface area (Å²) in [5.74, 6) is 0.771. The van der Waals surface area contributed by atoms with E-state index >= 15 is 0 Å². The van der Waals surface area contributed by atoms with E-state index in [1.165, 1.54) is 19.3 Å². The molecule has 0 unspecified atom stereocenters. The molecule has 1 aromatic carbocycles. The van der Waals surface area contributed by atoms with E-state index in [9.17, 15) is 4.79 Å². The predicted molar refractivity (Wildman–Crippen MR) is 66.2 cm³/mol. The quantitative estimate of drug-likeness (QED) is 0.817. The lowest BCUT2D eigenvalue weighted by atomic mass is 9.83. The van der Waals surface area contributed by atoms with Crippen molar-refractivity contribution in [2.45, 2.75) is 38.8 Å². The van der Waals surface area contributed by atoms with E-state index in [-0.39, 0.29) is 12.5 Å². The summed E-state index contributed by atoms with van der Waals surface area (Å²) in [5.41, 5.74) is 1.97. The van der Waals surface area contributed by atoms with E-state index in [1.54, 1.807) is 0 Å². The lowest BCUT2D eigenvalue weighted by Crippen LogP contribution is -2.27. The van der Waals surface area contributed by atoms with Crippen LogP contribution in [0.3, 0.4) is 0 Å². The van der Waals surface area contributed by atoms with E-state index in [1.807, 2.05) is 24.3 Å². The topological polar surface area (TPSA) is 49.3 Å². The first-order chi connectivity index (χ1) is 8.28. The molecule has 0 aliphatic heterocycles. The first-order valence-electron chi connectivity index (χ1n) is 6.23. The maximum atomic E-state index is 11.6. The molecule has 0 bridgehead atoms. The van der Waals surface area contributed by atoms with Gasteiger partial charge in [0, 0.05) is 13.0 Å². The van der Waals surface area contributed by atoms with Gasteiger partial charge in [0.25, 0.3) is 0 Å². The van der Waals surface area contributed by atoms with Gasteiger partial charge in [-0.15, -0.1) is 0 Å². The van der Waals surface area contributed by atoms with Crippen molar-refractivity contribution >= 4 is 5.91 Å². The Labute approximate surface area is 102 Å². The summed E-state index contributed by atoms with van der Waals surface area (Å²) in [6.07, 6.45) is 4.37. The van der Waals surface area contributed by atoms with Gasteiger partial charge in [0.15, 0.2) is 0 Å². The Balaban J connectivity index is 1.74. The number of carbonyl (C=O) groups is 1. The van der Waals surface area contributed by atoms with Gasteiger partial charge in [-0.3, -0.25) is 4.79 Å². The Bertz CT molecular complexity index is 368. The van der Waals surface area contributed by atoms with Crippen LogP contribution < -0.4 is 5.32 Å². The first-order valence-corrected chi connectivity index (χ1v) is 6.23. The van der Waals surface area contributed by atoms with E-state index in [0.717, 1.165) is 11.1 Å². The molecule has 1 fully saturated rings. The van der Waals surface area contributed by atoms with Gasteiger partial charge in [-0.05, 0) is 29.9 Å². The number of carbonyl (C=O) groups excluding carboxylic acids is 1. The van der Waals surface area contributed by atoms with Crippen molar-refractivity contribution < 1.29 is 9.90 Å². The van der Waals surface area contributed by atoms with Gasteiger partial charge in [-0.1, -0.05) is 30.7 Å². The molecule has 17 heavy (non-hydrogen) atoms. The van der Waals surface area contributed by atoms with Gasteiger partial charge >= 0.3 is 0 Å².